The minimum atomic E-state index is -0.249. The van der Waals surface area contributed by atoms with E-state index in [0.717, 1.165) is 111 Å². The lowest BCUT2D eigenvalue weighted by Gasteiger charge is -2.10. The van der Waals surface area contributed by atoms with Crippen LogP contribution < -0.4 is 0 Å². The number of unbranched alkanes of at least 4 members (excludes halogenated alkanes) is 6. The first kappa shape index (κ1) is 39.2. The Morgan fingerprint density at radius 1 is 0.510 bits per heavy atom. The summed E-state index contributed by atoms with van der Waals surface area (Å²) in [6.07, 6.45) is 11.1. The standard InChI is InChI=1S/C44H54O7/c1-3-50-43(47)31-35-17-13-19-37(27-35)39-29-33(21-23-41(39)45)15-9-5-7-11-25-49-26-12-8-6-10-16-34-22-24-42(46)40(30-34)38-20-14-18-36(28-38)32-44(48)51-4-2/h13-14,17-24,27-30,45-46H,3-12,15-16,25-26,31-32H2,1-2H3. The quantitative estimate of drug-likeness (QED) is 0.0624. The van der Waals surface area contributed by atoms with E-state index in [-0.39, 0.29) is 36.3 Å². The molecule has 0 spiro atoms. The predicted octanol–water partition coefficient (Wildman–Crippen LogP) is 9.57. The fourth-order valence-corrected chi connectivity index (χ4v) is 6.27. The molecule has 0 aliphatic rings. The first-order chi connectivity index (χ1) is 24.9. The van der Waals surface area contributed by atoms with Crippen molar-refractivity contribution >= 4 is 11.9 Å². The third-order valence-corrected chi connectivity index (χ3v) is 8.91. The van der Waals surface area contributed by atoms with E-state index >= 15 is 0 Å². The molecule has 0 aromatic heterocycles. The van der Waals surface area contributed by atoms with Crippen molar-refractivity contribution < 1.29 is 34.0 Å². The Hall–Kier alpha value is -4.62. The molecule has 0 unspecified atom stereocenters. The fraction of sp³-hybridized carbons (Fsp3) is 0.409. The summed E-state index contributed by atoms with van der Waals surface area (Å²) in [6, 6.07) is 27.1. The molecule has 0 heterocycles. The second-order valence-corrected chi connectivity index (χ2v) is 13.0. The van der Waals surface area contributed by atoms with Gasteiger partial charge in [0.2, 0.25) is 0 Å². The monoisotopic (exact) mass is 694 g/mol. The highest BCUT2D eigenvalue weighted by molar-refractivity contribution is 5.76. The molecule has 0 atom stereocenters. The lowest BCUT2D eigenvalue weighted by molar-refractivity contribution is -0.143. The van der Waals surface area contributed by atoms with Crippen molar-refractivity contribution in [3.05, 3.63) is 107 Å². The number of hydrogen-bond acceptors (Lipinski definition) is 7. The van der Waals surface area contributed by atoms with Gasteiger partial charge in [0.25, 0.3) is 0 Å². The third-order valence-electron chi connectivity index (χ3n) is 8.91. The molecule has 0 radical (unpaired) electrons. The molecule has 4 rings (SSSR count). The van der Waals surface area contributed by atoms with Gasteiger partial charge in [0, 0.05) is 24.3 Å². The molecule has 0 fully saturated rings. The molecule has 51 heavy (non-hydrogen) atoms. The summed E-state index contributed by atoms with van der Waals surface area (Å²) < 4.78 is 16.0. The number of aromatic hydroxyl groups is 2. The Morgan fingerprint density at radius 2 is 0.941 bits per heavy atom. The summed E-state index contributed by atoms with van der Waals surface area (Å²) in [5.41, 5.74) is 7.48. The maximum Gasteiger partial charge on any atom is 0.310 e. The molecule has 0 saturated heterocycles. The zero-order valence-corrected chi connectivity index (χ0v) is 30.3. The van der Waals surface area contributed by atoms with Crippen LogP contribution in [0.25, 0.3) is 22.3 Å². The highest BCUT2D eigenvalue weighted by Crippen LogP contribution is 2.32. The van der Waals surface area contributed by atoms with Crippen LogP contribution in [0.4, 0.5) is 0 Å². The van der Waals surface area contributed by atoms with Gasteiger partial charge in [0.05, 0.1) is 26.1 Å². The minimum absolute atomic E-state index is 0.218. The summed E-state index contributed by atoms with van der Waals surface area (Å²) in [5.74, 6) is -0.0193. The maximum atomic E-state index is 11.9. The SMILES string of the molecule is CCOC(=O)Cc1cccc(-c2cc(CCCCCCOCCCCCCc3ccc(O)c(-c4cccc(CC(=O)OCC)c4)c3)ccc2O)c1. The molecule has 7 heteroatoms. The third kappa shape index (κ3) is 13.6. The summed E-state index contributed by atoms with van der Waals surface area (Å²) in [6.45, 7) is 5.92. The normalized spacial score (nSPS) is 11.0. The van der Waals surface area contributed by atoms with E-state index in [1.54, 1.807) is 26.0 Å². The zero-order chi connectivity index (χ0) is 36.3. The van der Waals surface area contributed by atoms with E-state index in [1.807, 2.05) is 60.7 Å². The van der Waals surface area contributed by atoms with Crippen molar-refractivity contribution in [2.24, 2.45) is 0 Å². The first-order valence-electron chi connectivity index (χ1n) is 18.6. The number of carbonyl (C=O) groups is 2. The van der Waals surface area contributed by atoms with Crippen LogP contribution in [0.15, 0.2) is 84.9 Å². The van der Waals surface area contributed by atoms with Crippen molar-refractivity contribution in [1.29, 1.82) is 0 Å². The number of carbonyl (C=O) groups excluding carboxylic acids is 2. The summed E-state index contributed by atoms with van der Waals surface area (Å²) in [7, 11) is 0. The Kier molecular flexibility index (Phi) is 16.6. The lowest BCUT2D eigenvalue weighted by atomic mass is 9.97. The van der Waals surface area contributed by atoms with Crippen molar-refractivity contribution in [2.75, 3.05) is 26.4 Å². The fourth-order valence-electron chi connectivity index (χ4n) is 6.27. The van der Waals surface area contributed by atoms with Gasteiger partial charge in [-0.3, -0.25) is 9.59 Å². The van der Waals surface area contributed by atoms with E-state index in [1.165, 1.54) is 11.1 Å². The van der Waals surface area contributed by atoms with Gasteiger partial charge in [-0.25, -0.2) is 0 Å². The van der Waals surface area contributed by atoms with Crippen LogP contribution in [0.3, 0.4) is 0 Å². The van der Waals surface area contributed by atoms with Crippen molar-refractivity contribution in [3.63, 3.8) is 0 Å². The van der Waals surface area contributed by atoms with Gasteiger partial charge >= 0.3 is 11.9 Å². The van der Waals surface area contributed by atoms with Crippen LogP contribution in [0, 0.1) is 0 Å². The van der Waals surface area contributed by atoms with E-state index in [0.29, 0.717) is 13.2 Å². The highest BCUT2D eigenvalue weighted by Gasteiger charge is 2.11. The highest BCUT2D eigenvalue weighted by atomic mass is 16.5. The van der Waals surface area contributed by atoms with Gasteiger partial charge in [0.15, 0.2) is 0 Å². The summed E-state index contributed by atoms with van der Waals surface area (Å²) in [4.78, 5) is 23.8. The molecule has 0 amide bonds. The van der Waals surface area contributed by atoms with E-state index < -0.39 is 0 Å². The zero-order valence-electron chi connectivity index (χ0n) is 30.3. The molecule has 4 aromatic rings. The van der Waals surface area contributed by atoms with Crippen LogP contribution in [-0.4, -0.2) is 48.6 Å². The van der Waals surface area contributed by atoms with Crippen LogP contribution in [0.2, 0.25) is 0 Å². The number of benzene rings is 4. The van der Waals surface area contributed by atoms with Gasteiger partial charge in [-0.1, -0.05) is 86.3 Å². The molecule has 7 nitrogen and oxygen atoms in total. The number of ether oxygens (including phenoxy) is 3. The molecule has 2 N–H and O–H groups in total. The molecule has 0 bridgehead atoms. The van der Waals surface area contributed by atoms with Crippen LogP contribution >= 0.6 is 0 Å². The Bertz CT molecular complexity index is 1560. The Labute approximate surface area is 303 Å². The first-order valence-corrected chi connectivity index (χ1v) is 18.6. The topological polar surface area (TPSA) is 102 Å². The number of esters is 2. The van der Waals surface area contributed by atoms with Crippen molar-refractivity contribution in [3.8, 4) is 33.8 Å². The number of hydrogen-bond donors (Lipinski definition) is 2. The molecular weight excluding hydrogens is 640 g/mol. The largest absolute Gasteiger partial charge is 0.507 e. The van der Waals surface area contributed by atoms with Gasteiger partial charge < -0.3 is 24.4 Å². The van der Waals surface area contributed by atoms with E-state index in [4.69, 9.17) is 14.2 Å². The number of aryl methyl sites for hydroxylation is 2. The molecule has 4 aromatic carbocycles. The average Bonchev–Trinajstić information content (AvgIpc) is 3.12. The van der Waals surface area contributed by atoms with Gasteiger partial charge in [-0.2, -0.15) is 0 Å². The van der Waals surface area contributed by atoms with Crippen LogP contribution in [0.5, 0.6) is 11.5 Å². The molecule has 0 aliphatic heterocycles. The van der Waals surface area contributed by atoms with Crippen molar-refractivity contribution in [1.82, 2.24) is 0 Å². The van der Waals surface area contributed by atoms with Gasteiger partial charge in [-0.05, 0) is 110 Å². The predicted molar refractivity (Wildman–Crippen MR) is 203 cm³/mol. The molecule has 0 saturated carbocycles. The smallest absolute Gasteiger partial charge is 0.310 e. The van der Waals surface area contributed by atoms with Crippen molar-refractivity contribution in [2.45, 2.75) is 90.9 Å². The number of phenolic OH excluding ortho intramolecular Hbond substituents is 2. The minimum Gasteiger partial charge on any atom is -0.507 e. The van der Waals surface area contributed by atoms with Gasteiger partial charge in [0.1, 0.15) is 11.5 Å². The van der Waals surface area contributed by atoms with Gasteiger partial charge in [-0.15, -0.1) is 0 Å². The van der Waals surface area contributed by atoms with E-state index in [9.17, 15) is 19.8 Å². The lowest BCUT2D eigenvalue weighted by Crippen LogP contribution is -2.07. The average molecular weight is 695 g/mol. The summed E-state index contributed by atoms with van der Waals surface area (Å²) in [5, 5.41) is 21.1. The molecule has 0 aliphatic carbocycles. The van der Waals surface area contributed by atoms with Crippen LogP contribution in [-0.2, 0) is 49.5 Å². The number of phenols is 2. The molecule has 272 valence electrons. The summed E-state index contributed by atoms with van der Waals surface area (Å²) >= 11 is 0. The second kappa shape index (κ2) is 21.6. The number of rotatable bonds is 22. The van der Waals surface area contributed by atoms with Crippen LogP contribution in [0.1, 0.15) is 87.5 Å². The Morgan fingerprint density at radius 3 is 1.37 bits per heavy atom. The second-order valence-electron chi connectivity index (χ2n) is 13.0. The maximum absolute atomic E-state index is 11.9. The van der Waals surface area contributed by atoms with E-state index in [2.05, 4.69) is 12.1 Å². The molecular formula is C44H54O7. The Balaban J connectivity index is 1.07.